The molecular formula is C14H19FN2S. The van der Waals surface area contributed by atoms with Gasteiger partial charge in [-0.2, -0.15) is 17.0 Å². The highest BCUT2D eigenvalue weighted by Gasteiger charge is 2.14. The lowest BCUT2D eigenvalue weighted by molar-refractivity contribution is 0.244. The zero-order valence-electron chi connectivity index (χ0n) is 11.1. The minimum Gasteiger partial charge on any atom is -0.298 e. The first-order valence-electron chi connectivity index (χ1n) is 6.00. The van der Waals surface area contributed by atoms with Crippen molar-refractivity contribution in [3.05, 3.63) is 35.1 Å². The summed E-state index contributed by atoms with van der Waals surface area (Å²) in [5, 5.41) is 8.70. The maximum Gasteiger partial charge on any atom is 0.129 e. The van der Waals surface area contributed by atoms with Crippen LogP contribution >= 0.6 is 11.8 Å². The van der Waals surface area contributed by atoms with Crippen molar-refractivity contribution in [1.82, 2.24) is 4.90 Å². The van der Waals surface area contributed by atoms with E-state index in [4.69, 9.17) is 5.26 Å². The molecule has 0 aromatic heterocycles. The number of rotatable bonds is 6. The van der Waals surface area contributed by atoms with E-state index in [1.54, 1.807) is 23.9 Å². The fourth-order valence-corrected chi connectivity index (χ4v) is 2.77. The van der Waals surface area contributed by atoms with Crippen molar-refractivity contribution in [1.29, 1.82) is 5.26 Å². The second kappa shape index (κ2) is 7.40. The van der Waals surface area contributed by atoms with Crippen LogP contribution in [0.1, 0.15) is 24.5 Å². The maximum atomic E-state index is 13.8. The fraction of sp³-hybridized carbons (Fsp3) is 0.500. The average Bonchev–Trinajstić information content (AvgIpc) is 2.38. The first-order chi connectivity index (χ1) is 8.62. The average molecular weight is 266 g/mol. The Morgan fingerprint density at radius 1 is 1.50 bits per heavy atom. The highest BCUT2D eigenvalue weighted by molar-refractivity contribution is 7.98. The van der Waals surface area contributed by atoms with Crippen molar-refractivity contribution in [3.63, 3.8) is 0 Å². The van der Waals surface area contributed by atoms with Gasteiger partial charge in [-0.05, 0) is 31.9 Å². The summed E-state index contributed by atoms with van der Waals surface area (Å²) in [5.41, 5.74) is 1.02. The molecule has 0 radical (unpaired) electrons. The van der Waals surface area contributed by atoms with Crippen LogP contribution < -0.4 is 0 Å². The summed E-state index contributed by atoms with van der Waals surface area (Å²) in [7, 11) is 2.02. The third-order valence-electron chi connectivity index (χ3n) is 3.06. The van der Waals surface area contributed by atoms with E-state index in [0.717, 1.165) is 12.2 Å². The standard InChI is InChI=1S/C14H19FN2S/c1-4-13(10-18-3)17(2)9-12-6-5-11(8-16)7-14(12)15/h5-7,13H,4,9-10H2,1-3H3. The van der Waals surface area contributed by atoms with Crippen LogP contribution in [0.15, 0.2) is 18.2 Å². The Labute approximate surface area is 113 Å². The third-order valence-corrected chi connectivity index (χ3v) is 3.77. The highest BCUT2D eigenvalue weighted by atomic mass is 32.2. The smallest absolute Gasteiger partial charge is 0.129 e. The van der Waals surface area contributed by atoms with Crippen LogP contribution in [0.3, 0.4) is 0 Å². The Kier molecular flexibility index (Phi) is 6.17. The molecule has 1 rings (SSSR count). The quantitative estimate of drug-likeness (QED) is 0.790. The Hall–Kier alpha value is -1.05. The van der Waals surface area contributed by atoms with E-state index in [2.05, 4.69) is 18.1 Å². The molecule has 0 aliphatic heterocycles. The van der Waals surface area contributed by atoms with E-state index in [1.165, 1.54) is 6.07 Å². The fourth-order valence-electron chi connectivity index (χ4n) is 1.89. The molecule has 0 aliphatic rings. The molecule has 0 amide bonds. The lowest BCUT2D eigenvalue weighted by atomic mass is 10.1. The van der Waals surface area contributed by atoms with Gasteiger partial charge in [-0.1, -0.05) is 13.0 Å². The summed E-state index contributed by atoms with van der Waals surface area (Å²) in [6.07, 6.45) is 3.13. The minimum absolute atomic E-state index is 0.292. The van der Waals surface area contributed by atoms with Gasteiger partial charge >= 0.3 is 0 Å². The Morgan fingerprint density at radius 3 is 2.72 bits per heavy atom. The van der Waals surface area contributed by atoms with Crippen molar-refractivity contribution in [2.45, 2.75) is 25.9 Å². The second-order valence-corrected chi connectivity index (χ2v) is 5.26. The summed E-state index contributed by atoms with van der Waals surface area (Å²) < 4.78 is 13.8. The van der Waals surface area contributed by atoms with Gasteiger partial charge < -0.3 is 0 Å². The summed E-state index contributed by atoms with van der Waals surface area (Å²) in [5.74, 6) is 0.755. The van der Waals surface area contributed by atoms with Gasteiger partial charge in [-0.15, -0.1) is 0 Å². The molecule has 2 nitrogen and oxygen atoms in total. The molecule has 1 unspecified atom stereocenters. The van der Waals surface area contributed by atoms with Crippen molar-refractivity contribution >= 4 is 11.8 Å². The van der Waals surface area contributed by atoms with Crippen molar-refractivity contribution in [2.24, 2.45) is 0 Å². The molecule has 0 bridgehead atoms. The van der Waals surface area contributed by atoms with Gasteiger partial charge in [0.15, 0.2) is 0 Å². The van der Waals surface area contributed by atoms with E-state index in [-0.39, 0.29) is 5.82 Å². The topological polar surface area (TPSA) is 27.0 Å². The SMILES string of the molecule is CCC(CSC)N(C)Cc1ccc(C#N)cc1F. The normalized spacial score (nSPS) is 12.4. The van der Waals surface area contributed by atoms with E-state index in [1.807, 2.05) is 13.1 Å². The molecule has 0 saturated heterocycles. The molecular weight excluding hydrogens is 247 g/mol. The number of benzene rings is 1. The molecule has 4 heteroatoms. The summed E-state index contributed by atoms with van der Waals surface area (Å²) in [6.45, 7) is 2.73. The van der Waals surface area contributed by atoms with Crippen molar-refractivity contribution in [2.75, 3.05) is 19.1 Å². The van der Waals surface area contributed by atoms with Gasteiger partial charge in [-0.3, -0.25) is 4.90 Å². The van der Waals surface area contributed by atoms with Gasteiger partial charge in [0, 0.05) is 23.9 Å². The van der Waals surface area contributed by atoms with Crippen LogP contribution in [-0.2, 0) is 6.54 Å². The van der Waals surface area contributed by atoms with Crippen LogP contribution in [0.25, 0.3) is 0 Å². The zero-order valence-corrected chi connectivity index (χ0v) is 11.9. The first kappa shape index (κ1) is 15.0. The van der Waals surface area contributed by atoms with Crippen LogP contribution in [0, 0.1) is 17.1 Å². The number of nitriles is 1. The molecule has 0 spiro atoms. The molecule has 1 atom stereocenters. The van der Waals surface area contributed by atoms with E-state index in [9.17, 15) is 4.39 Å². The number of hydrogen-bond acceptors (Lipinski definition) is 3. The van der Waals surface area contributed by atoms with E-state index >= 15 is 0 Å². The van der Waals surface area contributed by atoms with Crippen molar-refractivity contribution in [3.8, 4) is 6.07 Å². The maximum absolute atomic E-state index is 13.8. The molecule has 0 N–H and O–H groups in total. The number of halogens is 1. The number of nitrogens with zero attached hydrogens (tertiary/aromatic N) is 2. The van der Waals surface area contributed by atoms with Gasteiger partial charge in [0.25, 0.3) is 0 Å². The van der Waals surface area contributed by atoms with Crippen LogP contribution in [0.2, 0.25) is 0 Å². The highest BCUT2D eigenvalue weighted by Crippen LogP contribution is 2.15. The Morgan fingerprint density at radius 2 is 2.22 bits per heavy atom. The van der Waals surface area contributed by atoms with Gasteiger partial charge in [0.2, 0.25) is 0 Å². The van der Waals surface area contributed by atoms with E-state index in [0.29, 0.717) is 23.7 Å². The number of thioether (sulfide) groups is 1. The lowest BCUT2D eigenvalue weighted by Gasteiger charge is -2.26. The zero-order chi connectivity index (χ0) is 13.5. The van der Waals surface area contributed by atoms with Gasteiger partial charge in [-0.25, -0.2) is 4.39 Å². The monoisotopic (exact) mass is 266 g/mol. The van der Waals surface area contributed by atoms with Crippen molar-refractivity contribution < 1.29 is 4.39 Å². The molecule has 0 aliphatic carbocycles. The second-order valence-electron chi connectivity index (χ2n) is 4.35. The Bertz CT molecular complexity index is 428. The minimum atomic E-state index is -0.292. The number of hydrogen-bond donors (Lipinski definition) is 0. The first-order valence-corrected chi connectivity index (χ1v) is 7.39. The molecule has 0 heterocycles. The van der Waals surface area contributed by atoms with Crippen LogP contribution in [0.4, 0.5) is 4.39 Å². The molecule has 1 aromatic carbocycles. The van der Waals surface area contributed by atoms with Gasteiger partial charge in [0.05, 0.1) is 11.6 Å². The summed E-state index contributed by atoms with van der Waals surface area (Å²) >= 11 is 1.80. The molecule has 0 saturated carbocycles. The molecule has 98 valence electrons. The predicted octanol–water partition coefficient (Wildman–Crippen LogP) is 3.27. The summed E-state index contributed by atoms with van der Waals surface area (Å²) in [6, 6.07) is 7.08. The van der Waals surface area contributed by atoms with E-state index < -0.39 is 0 Å². The van der Waals surface area contributed by atoms with Gasteiger partial charge in [0.1, 0.15) is 5.82 Å². The third kappa shape index (κ3) is 4.01. The molecule has 1 aromatic rings. The van der Waals surface area contributed by atoms with Crippen LogP contribution in [0.5, 0.6) is 0 Å². The predicted molar refractivity (Wildman–Crippen MR) is 75.0 cm³/mol. The largest absolute Gasteiger partial charge is 0.298 e. The Balaban J connectivity index is 2.75. The lowest BCUT2D eigenvalue weighted by Crippen LogP contribution is -2.32. The summed E-state index contributed by atoms with van der Waals surface area (Å²) in [4.78, 5) is 2.17. The van der Waals surface area contributed by atoms with Crippen LogP contribution in [-0.4, -0.2) is 30.0 Å². The molecule has 18 heavy (non-hydrogen) atoms. The molecule has 0 fully saturated rings.